The number of halogens is 3. The number of rotatable bonds is 11. The van der Waals surface area contributed by atoms with Gasteiger partial charge in [-0.3, -0.25) is 27.6 Å². The van der Waals surface area contributed by atoms with Gasteiger partial charge in [-0.25, -0.2) is 23.2 Å². The monoisotopic (exact) mass is 1380 g/mol. The zero-order valence-electron chi connectivity index (χ0n) is 46.6. The van der Waals surface area contributed by atoms with Crippen molar-refractivity contribution in [2.24, 2.45) is 7.05 Å². The number of ether oxygens (including phenoxy) is 1. The van der Waals surface area contributed by atoms with Crippen LogP contribution in [0.5, 0.6) is 5.75 Å². The third-order valence-corrected chi connectivity index (χ3v) is 16.8. The molecule has 5 aromatic carbocycles. The number of hydrogen-bond acceptors (Lipinski definition) is 14. The van der Waals surface area contributed by atoms with Crippen molar-refractivity contribution in [3.05, 3.63) is 223 Å². The number of nitrogens with zero attached hydrogens (tertiary/aromatic N) is 2. The molecule has 0 saturated carbocycles. The summed E-state index contributed by atoms with van der Waals surface area (Å²) in [5.41, 5.74) is 1.84. The molecule has 10 aromatic rings. The fourth-order valence-electron chi connectivity index (χ4n) is 9.01. The maximum Gasteiger partial charge on any atom is 0.336 e. The molecule has 1 unspecified atom stereocenters. The predicted octanol–water partition coefficient (Wildman–Crippen LogP) is 9.17. The molecule has 0 bridgehead atoms. The highest BCUT2D eigenvalue weighted by Gasteiger charge is 2.24. The Balaban J connectivity index is 0.000000176. The molecule has 468 valence electrons. The Bertz CT molecular complexity index is 4680. The average molecular weight is 1380 g/mol. The fourth-order valence-corrected chi connectivity index (χ4v) is 13.5. The number of methoxy groups -OCH3 is 1. The highest BCUT2D eigenvalue weighted by molar-refractivity contribution is 9.10. The van der Waals surface area contributed by atoms with Crippen LogP contribution in [0.25, 0.3) is 54.7 Å². The summed E-state index contributed by atoms with van der Waals surface area (Å²) in [4.78, 5) is 127. The van der Waals surface area contributed by atoms with Crippen LogP contribution in [-0.2, 0) is 60.7 Å². The number of benzene rings is 5. The second kappa shape index (κ2) is 28.3. The van der Waals surface area contributed by atoms with Crippen molar-refractivity contribution in [1.29, 1.82) is 0 Å². The Morgan fingerprint density at radius 3 is 1.55 bits per heavy atom. The van der Waals surface area contributed by atoms with Crippen LogP contribution < -0.4 is 31.9 Å². The van der Waals surface area contributed by atoms with E-state index in [0.29, 0.717) is 60.2 Å². The first-order valence-electron chi connectivity index (χ1n) is 25.1. The van der Waals surface area contributed by atoms with Crippen LogP contribution in [0, 0.1) is 30.7 Å². The van der Waals surface area contributed by atoms with Crippen LogP contribution in [0.15, 0.2) is 158 Å². The lowest BCUT2D eigenvalue weighted by atomic mass is 10.1. The van der Waals surface area contributed by atoms with E-state index in [4.69, 9.17) is 52.7 Å². The maximum absolute atomic E-state index is 13.6. The number of aromatic nitrogens is 2. The summed E-state index contributed by atoms with van der Waals surface area (Å²) in [6.07, 6.45) is -0.840. The van der Waals surface area contributed by atoms with Crippen LogP contribution in [-0.4, -0.2) is 62.4 Å². The molecule has 25 nitrogen and oxygen atoms in total. The van der Waals surface area contributed by atoms with Gasteiger partial charge in [0.15, 0.2) is 6.20 Å². The molecule has 0 aliphatic rings. The molecule has 0 fully saturated rings. The van der Waals surface area contributed by atoms with E-state index in [2.05, 4.69) is 20.3 Å². The van der Waals surface area contributed by atoms with Gasteiger partial charge in [0.05, 0.1) is 54.2 Å². The number of hydrogen-bond donors (Lipinski definition) is 9. The van der Waals surface area contributed by atoms with E-state index in [-0.39, 0.29) is 45.0 Å². The Morgan fingerprint density at radius 1 is 0.557 bits per heavy atom. The molecule has 0 aliphatic heterocycles. The van der Waals surface area contributed by atoms with Crippen molar-refractivity contribution in [3.8, 4) is 5.75 Å². The summed E-state index contributed by atoms with van der Waals surface area (Å²) in [5.74, 6) is -1.57. The van der Waals surface area contributed by atoms with Gasteiger partial charge < -0.3 is 71.8 Å². The molecule has 88 heavy (non-hydrogen) atoms. The van der Waals surface area contributed by atoms with E-state index < -0.39 is 90.9 Å². The number of aryl methyl sites for hydroxylation is 3. The highest BCUT2D eigenvalue weighted by atomic mass is 79.9. The van der Waals surface area contributed by atoms with E-state index >= 15 is 0 Å². The molecular weight excluding hydrogens is 1330 g/mol. The van der Waals surface area contributed by atoms with Crippen LogP contribution in [0.3, 0.4) is 0 Å². The summed E-state index contributed by atoms with van der Waals surface area (Å²) in [6, 6.07) is 28.2. The SMILES string of the molecule is COc1cc(C)cc2oc(=O)cc(CP(=O)(O)O)c12.CP(=O)(O)Cc1cccc2ccc[n+]([O-])c12.Cc1cc(Br)c2c(CP(=O)(O)O)cc(=O)oc2c1.Cn1c(=O)cc(CP(=O)(O)O)c2ccccc21.O=c1cc(CP(=O)(O)O)c2c(F)cc(F)cc2o1. The molecule has 1 atom stereocenters. The van der Waals surface area contributed by atoms with E-state index in [0.717, 1.165) is 45.5 Å². The Kier molecular flexibility index (Phi) is 22.5. The number of fused-ring (bicyclic) bond motifs is 5. The first kappa shape index (κ1) is 70.2. The lowest BCUT2D eigenvalue weighted by Crippen LogP contribution is -2.27. The molecule has 0 aliphatic carbocycles. The van der Waals surface area contributed by atoms with Gasteiger partial charge in [-0.15, -0.1) is 0 Å². The Hall–Kier alpha value is -6.92. The summed E-state index contributed by atoms with van der Waals surface area (Å²) < 4.78 is 105. The topological polar surface area (TPSA) is 416 Å². The average Bonchev–Trinajstić information content (AvgIpc) is 1.47. The van der Waals surface area contributed by atoms with Gasteiger partial charge in [0, 0.05) is 82.4 Å². The molecule has 0 amide bonds. The molecule has 0 radical (unpaired) electrons. The lowest BCUT2D eigenvalue weighted by Gasteiger charge is -2.11. The van der Waals surface area contributed by atoms with Gasteiger partial charge in [-0.1, -0.05) is 46.3 Å². The maximum atomic E-state index is 13.6. The Labute approximate surface area is 503 Å². The molecule has 9 N–H and O–H groups in total. The summed E-state index contributed by atoms with van der Waals surface area (Å²) in [7, 11) is -17.3. The minimum Gasteiger partial charge on any atom is -0.618 e. The van der Waals surface area contributed by atoms with Crippen LogP contribution in [0.4, 0.5) is 8.78 Å². The molecule has 33 heteroatoms. The minimum absolute atomic E-state index is 0.0244. The molecule has 10 rings (SSSR count). The summed E-state index contributed by atoms with van der Waals surface area (Å²) in [5, 5.41) is 13.7. The smallest absolute Gasteiger partial charge is 0.336 e. The van der Waals surface area contributed by atoms with Gasteiger partial charge in [0.25, 0.3) is 5.56 Å². The number of para-hydroxylation sites is 2. The van der Waals surface area contributed by atoms with Gasteiger partial charge in [-0.05, 0) is 89.7 Å². The summed E-state index contributed by atoms with van der Waals surface area (Å²) >= 11 is 3.32. The third kappa shape index (κ3) is 20.0. The van der Waals surface area contributed by atoms with Crippen molar-refractivity contribution in [3.63, 3.8) is 0 Å². The number of pyridine rings is 2. The normalized spacial score (nSPS) is 12.5. The fraction of sp³-hybridized carbons (Fsp3) is 0.182. The second-order valence-corrected chi connectivity index (χ2v) is 29.6. The van der Waals surface area contributed by atoms with Crippen molar-refractivity contribution in [1.82, 2.24) is 4.57 Å². The highest BCUT2D eigenvalue weighted by Crippen LogP contribution is 2.45. The quantitative estimate of drug-likeness (QED) is 0.0252. The van der Waals surface area contributed by atoms with E-state index in [1.54, 1.807) is 80.7 Å². The molecular formula is C55H54BrF2N2O23P5. The van der Waals surface area contributed by atoms with Crippen LogP contribution >= 0.6 is 53.7 Å². The van der Waals surface area contributed by atoms with Crippen molar-refractivity contribution in [2.75, 3.05) is 13.8 Å². The standard InChI is InChI=1S/C12H13O6P.C11H10BrO5P.C11H12NO4P.C11H12NO3P.C10H7F2O5P/c1-7-3-9(17-2)12-8(6-19(14,15)16)5-11(13)18-10(12)4-7;1-6-2-8(12)11-7(5-18(14,15)16)4-10(13)17-9(11)3-6;1-12-10-5-3-2-4-9(10)8(6-11(12)13)7-17(14,15)16;1-16(14,15)8-10-5-2-4-9-6-3-7-12(13)11(9)10;11-6-2-7(12)10-5(4-18(14,15)16)1-9(13)17-8(10)3-6/h3-5H,6H2,1-2H3,(H2,14,15,16);2-4H,5H2,1H3,(H2,14,15,16);2-6H,7H2,1H3,(H2,14,15,16);2-7H,8H2,1H3,(H,14,15);1-3H,4H2,(H2,14,15,16). The first-order chi connectivity index (χ1) is 40.7. The Morgan fingerprint density at radius 2 is 1.02 bits per heavy atom. The van der Waals surface area contributed by atoms with Crippen molar-refractivity contribution < 1.29 is 98.4 Å². The lowest BCUT2D eigenvalue weighted by molar-refractivity contribution is -0.577. The van der Waals surface area contributed by atoms with Crippen molar-refractivity contribution in [2.45, 2.75) is 44.7 Å². The molecule has 5 aromatic heterocycles. The van der Waals surface area contributed by atoms with E-state index in [1.807, 2.05) is 19.1 Å². The minimum atomic E-state index is -4.48. The van der Waals surface area contributed by atoms with Crippen molar-refractivity contribution >= 4 is 108 Å². The predicted molar refractivity (Wildman–Crippen MR) is 326 cm³/mol. The molecule has 0 saturated heterocycles. The van der Waals surface area contributed by atoms with Gasteiger partial charge in [0.2, 0.25) is 12.9 Å². The van der Waals surface area contributed by atoms with Gasteiger partial charge in [0.1, 0.15) is 34.1 Å². The van der Waals surface area contributed by atoms with Crippen LogP contribution in [0.1, 0.15) is 38.9 Å². The first-order valence-corrected chi connectivity index (χ1v) is 35.4. The van der Waals surface area contributed by atoms with Gasteiger partial charge >= 0.3 is 47.3 Å². The van der Waals surface area contributed by atoms with E-state index in [1.165, 1.54) is 30.6 Å². The van der Waals surface area contributed by atoms with Crippen LogP contribution in [0.2, 0.25) is 0 Å². The molecule has 0 spiro atoms. The molecule has 5 heterocycles. The summed E-state index contributed by atoms with van der Waals surface area (Å²) in [6.45, 7) is 4.93. The third-order valence-electron chi connectivity index (χ3n) is 12.2. The zero-order chi connectivity index (χ0) is 65.6. The van der Waals surface area contributed by atoms with Gasteiger partial charge in [-0.2, -0.15) is 4.73 Å². The largest absolute Gasteiger partial charge is 0.618 e. The second-order valence-electron chi connectivity index (χ2n) is 19.8. The zero-order valence-corrected chi connectivity index (χ0v) is 52.6. The van der Waals surface area contributed by atoms with E-state index in [9.17, 15) is 60.9 Å².